The fraction of sp³-hybridized carbons (Fsp3) is 0.0339. The van der Waals surface area contributed by atoms with Crippen molar-refractivity contribution in [2.24, 2.45) is 0 Å². The highest BCUT2D eigenvalue weighted by Gasteiger charge is 2.27. The molecule has 13 aromatic rings. The molecule has 306 valence electrons. The third kappa shape index (κ3) is 5.77. The van der Waals surface area contributed by atoms with Crippen molar-refractivity contribution in [3.63, 3.8) is 0 Å². The molecule has 0 amide bonds. The summed E-state index contributed by atoms with van der Waals surface area (Å²) in [6.07, 6.45) is 0. The molecule has 6 heteroatoms. The Morgan fingerprint density at radius 1 is 0.277 bits per heavy atom. The van der Waals surface area contributed by atoms with Crippen LogP contribution in [0.25, 0.3) is 117 Å². The molecule has 9 aromatic carbocycles. The second kappa shape index (κ2) is 14.5. The van der Waals surface area contributed by atoms with Gasteiger partial charge in [0.05, 0.1) is 50.2 Å². The average molecular weight is 833 g/mol. The number of hydrogen-bond donors (Lipinski definition) is 0. The molecule has 0 radical (unpaired) electrons. The molecule has 0 aliphatic carbocycles. The van der Waals surface area contributed by atoms with Crippen LogP contribution in [0.2, 0.25) is 0 Å². The zero-order valence-corrected chi connectivity index (χ0v) is 35.8. The molecule has 6 nitrogen and oxygen atoms in total. The molecule has 13 rings (SSSR count). The normalized spacial score (nSPS) is 11.8. The van der Waals surface area contributed by atoms with E-state index in [2.05, 4.69) is 197 Å². The van der Waals surface area contributed by atoms with Gasteiger partial charge in [0.2, 0.25) is 0 Å². The van der Waals surface area contributed by atoms with Gasteiger partial charge in [-0.1, -0.05) is 157 Å². The Morgan fingerprint density at radius 3 is 0.985 bits per heavy atom. The second-order valence-corrected chi connectivity index (χ2v) is 17.0. The van der Waals surface area contributed by atoms with E-state index in [0.717, 1.165) is 66.9 Å². The molecule has 0 unspecified atom stereocenters. The summed E-state index contributed by atoms with van der Waals surface area (Å²) in [4.78, 5) is 15.8. The van der Waals surface area contributed by atoms with Gasteiger partial charge in [-0.2, -0.15) is 0 Å². The van der Waals surface area contributed by atoms with E-state index in [9.17, 15) is 0 Å². The lowest BCUT2D eigenvalue weighted by atomic mass is 10.1. The minimum absolute atomic E-state index is 0.585. The van der Waals surface area contributed by atoms with Crippen LogP contribution in [0.15, 0.2) is 206 Å². The first-order valence-corrected chi connectivity index (χ1v) is 22.1. The molecule has 0 atom stereocenters. The van der Waals surface area contributed by atoms with Crippen molar-refractivity contribution in [3.05, 3.63) is 217 Å². The van der Waals surface area contributed by atoms with E-state index in [-0.39, 0.29) is 0 Å². The van der Waals surface area contributed by atoms with Crippen molar-refractivity contribution in [2.75, 3.05) is 0 Å². The van der Waals surface area contributed by atoms with E-state index in [1.165, 1.54) is 43.4 Å². The molecule has 0 spiro atoms. The second-order valence-electron chi connectivity index (χ2n) is 17.0. The first-order valence-electron chi connectivity index (χ1n) is 22.1. The fourth-order valence-corrected chi connectivity index (χ4v) is 10.1. The van der Waals surface area contributed by atoms with Crippen LogP contribution in [0.4, 0.5) is 0 Å². The van der Waals surface area contributed by atoms with Crippen LogP contribution in [0, 0.1) is 13.8 Å². The first-order chi connectivity index (χ1) is 32.1. The number of para-hydroxylation sites is 4. The van der Waals surface area contributed by atoms with Gasteiger partial charge in [-0.25, -0.2) is 15.0 Å². The number of fused-ring (bicyclic) bond motifs is 9. The maximum Gasteiger partial charge on any atom is 0.164 e. The zero-order valence-electron chi connectivity index (χ0n) is 35.8. The van der Waals surface area contributed by atoms with E-state index in [1.54, 1.807) is 0 Å². The van der Waals surface area contributed by atoms with Gasteiger partial charge in [0.25, 0.3) is 0 Å². The highest BCUT2D eigenvalue weighted by atomic mass is 15.1. The van der Waals surface area contributed by atoms with Crippen LogP contribution in [0.1, 0.15) is 11.1 Å². The number of rotatable bonds is 6. The number of nitrogens with zero attached hydrogens (tertiary/aromatic N) is 6. The van der Waals surface area contributed by atoms with Gasteiger partial charge in [0.15, 0.2) is 17.5 Å². The standard InChI is InChI=1S/C59H40N6/c1-37-29-31-52-46(33-37)47-34-38(2)30-32-53(47)65(52)56-54(63-48-25-13-9-21-42(48)43-22-10-14-26-49(43)63)35-41(36-55(56)64-50-27-15-11-23-44(50)45-24-12-16-28-51(45)64)59-61-57(39-17-5-3-6-18-39)60-58(62-59)40-19-7-4-8-20-40/h3-36H,1-2H3. The molecule has 0 saturated carbocycles. The van der Waals surface area contributed by atoms with Gasteiger partial charge < -0.3 is 13.7 Å². The largest absolute Gasteiger partial charge is 0.307 e. The van der Waals surface area contributed by atoms with Crippen molar-refractivity contribution >= 4 is 65.4 Å². The lowest BCUT2D eigenvalue weighted by Gasteiger charge is -2.23. The SMILES string of the molecule is Cc1ccc2c(c1)c1cc(C)ccc1n2-c1c(-n2c3ccccc3c3ccccc32)cc(-c2nc(-c3ccccc3)nc(-c3ccccc3)n2)cc1-n1c2ccccc2c2ccccc21. The summed E-state index contributed by atoms with van der Waals surface area (Å²) in [5.74, 6) is 1.81. The lowest BCUT2D eigenvalue weighted by Crippen LogP contribution is -2.10. The smallest absolute Gasteiger partial charge is 0.164 e. The van der Waals surface area contributed by atoms with E-state index >= 15 is 0 Å². The summed E-state index contributed by atoms with van der Waals surface area (Å²) in [6, 6.07) is 73.9. The Labute approximate surface area is 375 Å². The number of hydrogen-bond acceptors (Lipinski definition) is 3. The molecule has 0 fully saturated rings. The van der Waals surface area contributed by atoms with Crippen molar-refractivity contribution in [1.82, 2.24) is 28.7 Å². The highest BCUT2D eigenvalue weighted by molar-refractivity contribution is 6.14. The molecule has 0 bridgehead atoms. The maximum atomic E-state index is 5.36. The van der Waals surface area contributed by atoms with E-state index < -0.39 is 0 Å². The third-order valence-electron chi connectivity index (χ3n) is 13.0. The lowest BCUT2D eigenvalue weighted by molar-refractivity contribution is 1.04. The van der Waals surface area contributed by atoms with Crippen LogP contribution in [0.3, 0.4) is 0 Å². The molecule has 0 N–H and O–H groups in total. The summed E-state index contributed by atoms with van der Waals surface area (Å²) in [6.45, 7) is 4.37. The average Bonchev–Trinajstić information content (AvgIpc) is 3.99. The fourth-order valence-electron chi connectivity index (χ4n) is 10.1. The van der Waals surface area contributed by atoms with Crippen LogP contribution in [0.5, 0.6) is 0 Å². The first kappa shape index (κ1) is 37.0. The van der Waals surface area contributed by atoms with Gasteiger partial charge in [-0.05, 0) is 74.5 Å². The summed E-state index contributed by atoms with van der Waals surface area (Å²) in [5.41, 5.74) is 14.9. The Balaban J connectivity index is 1.27. The van der Waals surface area contributed by atoms with Gasteiger partial charge in [-0.3, -0.25) is 0 Å². The number of aryl methyl sites for hydroxylation is 2. The predicted octanol–water partition coefficient (Wildman–Crippen LogP) is 14.8. The molecule has 0 aliphatic heterocycles. The van der Waals surface area contributed by atoms with Crippen molar-refractivity contribution in [2.45, 2.75) is 13.8 Å². The molecule has 0 saturated heterocycles. The van der Waals surface area contributed by atoms with E-state index in [0.29, 0.717) is 17.5 Å². The minimum atomic E-state index is 0.585. The topological polar surface area (TPSA) is 53.5 Å². The molecule has 65 heavy (non-hydrogen) atoms. The van der Waals surface area contributed by atoms with Crippen LogP contribution >= 0.6 is 0 Å². The van der Waals surface area contributed by atoms with E-state index in [1.807, 2.05) is 36.4 Å². The van der Waals surface area contributed by atoms with Gasteiger partial charge >= 0.3 is 0 Å². The maximum absolute atomic E-state index is 5.36. The Morgan fingerprint density at radius 2 is 0.600 bits per heavy atom. The van der Waals surface area contributed by atoms with Crippen molar-refractivity contribution in [1.29, 1.82) is 0 Å². The van der Waals surface area contributed by atoms with Crippen LogP contribution < -0.4 is 0 Å². The monoisotopic (exact) mass is 832 g/mol. The summed E-state index contributed by atoms with van der Waals surface area (Å²) < 4.78 is 7.42. The molecular formula is C59H40N6. The Kier molecular flexibility index (Phi) is 8.24. The quantitative estimate of drug-likeness (QED) is 0.168. The molecular weight excluding hydrogens is 793 g/mol. The zero-order chi connectivity index (χ0) is 43.2. The third-order valence-corrected chi connectivity index (χ3v) is 13.0. The summed E-state index contributed by atoms with van der Waals surface area (Å²) in [7, 11) is 0. The Hall–Kier alpha value is -8.61. The summed E-state index contributed by atoms with van der Waals surface area (Å²) >= 11 is 0. The van der Waals surface area contributed by atoms with E-state index in [4.69, 9.17) is 15.0 Å². The molecule has 4 aromatic heterocycles. The number of aromatic nitrogens is 6. The van der Waals surface area contributed by atoms with Crippen molar-refractivity contribution in [3.8, 4) is 51.2 Å². The van der Waals surface area contributed by atoms with Crippen molar-refractivity contribution < 1.29 is 0 Å². The van der Waals surface area contributed by atoms with Crippen LogP contribution in [-0.4, -0.2) is 28.7 Å². The molecule has 4 heterocycles. The predicted molar refractivity (Wildman–Crippen MR) is 269 cm³/mol. The van der Waals surface area contributed by atoms with Gasteiger partial charge in [-0.15, -0.1) is 0 Å². The minimum Gasteiger partial charge on any atom is -0.307 e. The highest BCUT2D eigenvalue weighted by Crippen LogP contribution is 2.45. The summed E-state index contributed by atoms with van der Waals surface area (Å²) in [5, 5.41) is 7.17. The Bertz CT molecular complexity index is 3670. The molecule has 0 aliphatic rings. The van der Waals surface area contributed by atoms with Crippen LogP contribution in [-0.2, 0) is 0 Å². The number of benzene rings is 9. The van der Waals surface area contributed by atoms with Gasteiger partial charge in [0, 0.05) is 49.0 Å². The van der Waals surface area contributed by atoms with Gasteiger partial charge in [0.1, 0.15) is 0 Å².